The maximum Gasteiger partial charge on any atom is 0.421 e. The highest BCUT2D eigenvalue weighted by atomic mass is 16.6. The lowest BCUT2D eigenvalue weighted by atomic mass is 10.2. The van der Waals surface area contributed by atoms with E-state index in [1.807, 2.05) is 80.9 Å². The Labute approximate surface area is 175 Å². The zero-order valence-electron chi connectivity index (χ0n) is 17.5. The van der Waals surface area contributed by atoms with Crippen molar-refractivity contribution in [1.82, 2.24) is 9.55 Å². The van der Waals surface area contributed by atoms with Crippen LogP contribution < -0.4 is 16.0 Å². The molecule has 1 amide bonds. The van der Waals surface area contributed by atoms with E-state index in [0.29, 0.717) is 23.0 Å². The number of para-hydroxylation sites is 1. The van der Waals surface area contributed by atoms with Gasteiger partial charge in [-0.25, -0.2) is 14.7 Å². The summed E-state index contributed by atoms with van der Waals surface area (Å²) in [6, 6.07) is 14.9. The summed E-state index contributed by atoms with van der Waals surface area (Å²) in [5.41, 5.74) is 8.08. The third-order valence-corrected chi connectivity index (χ3v) is 4.20. The summed E-state index contributed by atoms with van der Waals surface area (Å²) in [5, 5.41) is 10.1. The van der Waals surface area contributed by atoms with E-state index >= 15 is 0 Å². The molecular formula is C22H26N6O2. The smallest absolute Gasteiger partial charge is 0.421 e. The van der Waals surface area contributed by atoms with Gasteiger partial charge in [0.05, 0.1) is 16.7 Å². The van der Waals surface area contributed by atoms with E-state index in [1.165, 1.54) is 11.0 Å². The van der Waals surface area contributed by atoms with Crippen LogP contribution >= 0.6 is 0 Å². The molecule has 0 bridgehead atoms. The van der Waals surface area contributed by atoms with Crippen LogP contribution in [0.4, 0.5) is 22.1 Å². The Bertz CT molecular complexity index is 1100. The normalized spacial score (nSPS) is 11.9. The number of benzene rings is 2. The number of fused-ring (bicyclic) bond motifs is 1. The lowest BCUT2D eigenvalue weighted by Crippen LogP contribution is -2.35. The first-order valence-corrected chi connectivity index (χ1v) is 9.47. The van der Waals surface area contributed by atoms with Crippen LogP contribution in [0.5, 0.6) is 0 Å². The van der Waals surface area contributed by atoms with Gasteiger partial charge in [0.15, 0.2) is 0 Å². The Hall–Kier alpha value is -3.81. The first-order valence-electron chi connectivity index (χ1n) is 9.47. The Morgan fingerprint density at radius 2 is 1.93 bits per heavy atom. The lowest BCUT2D eigenvalue weighted by molar-refractivity contribution is 0.0596. The van der Waals surface area contributed by atoms with E-state index in [2.05, 4.69) is 5.32 Å². The van der Waals surface area contributed by atoms with Gasteiger partial charge < -0.3 is 25.8 Å². The summed E-state index contributed by atoms with van der Waals surface area (Å²) >= 11 is 0. The monoisotopic (exact) mass is 406 g/mol. The molecule has 0 spiro atoms. The number of imidazole rings is 1. The number of hydrogen-bond acceptors (Lipinski definition) is 6. The van der Waals surface area contributed by atoms with E-state index in [9.17, 15) is 4.79 Å². The summed E-state index contributed by atoms with van der Waals surface area (Å²) in [7, 11) is 1.85. The number of hydrogen-bond donors (Lipinski definition) is 3. The number of aryl methyl sites for hydroxylation is 1. The van der Waals surface area contributed by atoms with Crippen LogP contribution in [-0.2, 0) is 11.8 Å². The van der Waals surface area contributed by atoms with E-state index in [0.717, 1.165) is 17.4 Å². The molecule has 156 valence electrons. The molecule has 30 heavy (non-hydrogen) atoms. The minimum absolute atomic E-state index is 0.347. The number of carbonyl (C=O) groups excluding carboxylic acids is 1. The molecule has 3 aromatic rings. The number of aromatic nitrogens is 2. The van der Waals surface area contributed by atoms with Gasteiger partial charge in [0.25, 0.3) is 0 Å². The van der Waals surface area contributed by atoms with Crippen LogP contribution in [0.25, 0.3) is 11.0 Å². The molecule has 0 saturated carbocycles. The molecule has 2 aromatic carbocycles. The number of nitrogens with zero attached hydrogens (tertiary/aromatic N) is 3. The molecule has 8 heteroatoms. The quantitative estimate of drug-likeness (QED) is 0.540. The van der Waals surface area contributed by atoms with E-state index in [1.54, 1.807) is 0 Å². The summed E-state index contributed by atoms with van der Waals surface area (Å²) in [4.78, 5) is 19.2. The maximum atomic E-state index is 13.1. The van der Waals surface area contributed by atoms with Gasteiger partial charge in [-0.05, 0) is 57.2 Å². The first kappa shape index (κ1) is 20.9. The Balaban J connectivity index is 2.07. The molecule has 1 heterocycles. The second-order valence-corrected chi connectivity index (χ2v) is 7.74. The van der Waals surface area contributed by atoms with Gasteiger partial charge >= 0.3 is 6.09 Å². The number of rotatable bonds is 5. The van der Waals surface area contributed by atoms with Gasteiger partial charge in [-0.3, -0.25) is 0 Å². The molecule has 0 aliphatic carbocycles. The second-order valence-electron chi connectivity index (χ2n) is 7.74. The van der Waals surface area contributed by atoms with Crippen molar-refractivity contribution in [1.29, 1.82) is 5.41 Å². The van der Waals surface area contributed by atoms with Gasteiger partial charge in [-0.2, -0.15) is 0 Å². The van der Waals surface area contributed by atoms with Crippen LogP contribution in [0.2, 0.25) is 0 Å². The number of carbonyl (C=O) groups is 1. The van der Waals surface area contributed by atoms with Crippen LogP contribution in [0.3, 0.4) is 0 Å². The fourth-order valence-corrected chi connectivity index (χ4v) is 2.95. The number of ether oxygens (including phenoxy) is 1. The first-order chi connectivity index (χ1) is 14.2. The van der Waals surface area contributed by atoms with Crippen LogP contribution in [0, 0.1) is 5.41 Å². The molecule has 1 aromatic heterocycles. The minimum atomic E-state index is -0.648. The van der Waals surface area contributed by atoms with Gasteiger partial charge in [-0.1, -0.05) is 18.2 Å². The molecule has 8 nitrogen and oxygen atoms in total. The number of allylic oxidation sites excluding steroid dienone is 1. The summed E-state index contributed by atoms with van der Waals surface area (Å²) in [5.74, 6) is 0.783. The van der Waals surface area contributed by atoms with Crippen LogP contribution in [0.1, 0.15) is 20.8 Å². The summed E-state index contributed by atoms with van der Waals surface area (Å²) < 4.78 is 7.48. The molecule has 0 saturated heterocycles. The highest BCUT2D eigenvalue weighted by molar-refractivity contribution is 5.96. The number of nitrogens with two attached hydrogens (primary N) is 1. The van der Waals surface area contributed by atoms with Crippen molar-refractivity contribution in [2.75, 3.05) is 10.2 Å². The molecule has 0 fully saturated rings. The highest BCUT2D eigenvalue weighted by Crippen LogP contribution is 2.30. The molecule has 3 rings (SSSR count). The maximum absolute atomic E-state index is 13.1. The van der Waals surface area contributed by atoms with Gasteiger partial charge in [0.2, 0.25) is 5.95 Å². The highest BCUT2D eigenvalue weighted by Gasteiger charge is 2.28. The van der Waals surface area contributed by atoms with E-state index < -0.39 is 11.7 Å². The molecular weight excluding hydrogens is 380 g/mol. The Kier molecular flexibility index (Phi) is 5.77. The fraction of sp³-hybridized carbons (Fsp3) is 0.227. The minimum Gasteiger partial charge on any atom is -0.443 e. The van der Waals surface area contributed by atoms with Crippen molar-refractivity contribution >= 4 is 40.7 Å². The summed E-state index contributed by atoms with van der Waals surface area (Å²) in [6.07, 6.45) is 2.05. The van der Waals surface area contributed by atoms with Gasteiger partial charge in [0, 0.05) is 18.9 Å². The summed E-state index contributed by atoms with van der Waals surface area (Å²) in [6.45, 7) is 5.48. The zero-order chi connectivity index (χ0) is 21.9. The lowest BCUT2D eigenvalue weighted by Gasteiger charge is -2.26. The average Bonchev–Trinajstić information content (AvgIpc) is 2.97. The number of anilines is 3. The standard InChI is InChI=1S/C22H26N6O2/c1-22(2,3)30-21(29)28(16-8-6-5-7-9-16)20-26-17-14-15(25-19(24)12-13-23)10-11-18(17)27(20)4/h5-14,23,25H,24H2,1-4H3/b19-12+,23-13?. The van der Waals surface area contributed by atoms with Crippen molar-refractivity contribution in [2.24, 2.45) is 12.8 Å². The topological polar surface area (TPSA) is 109 Å². The predicted octanol–water partition coefficient (Wildman–Crippen LogP) is 4.51. The Morgan fingerprint density at radius 3 is 2.57 bits per heavy atom. The van der Waals surface area contributed by atoms with Gasteiger partial charge in [-0.15, -0.1) is 0 Å². The molecule has 0 unspecified atom stereocenters. The molecule has 0 aliphatic heterocycles. The molecule has 0 radical (unpaired) electrons. The number of nitrogens with one attached hydrogen (secondary N) is 2. The van der Waals surface area contributed by atoms with Crippen molar-refractivity contribution in [3.8, 4) is 0 Å². The molecule has 0 aliphatic rings. The van der Waals surface area contributed by atoms with Crippen molar-refractivity contribution in [3.63, 3.8) is 0 Å². The average molecular weight is 406 g/mol. The van der Waals surface area contributed by atoms with Gasteiger partial charge in [0.1, 0.15) is 11.4 Å². The van der Waals surface area contributed by atoms with Crippen LogP contribution in [0.15, 0.2) is 60.4 Å². The van der Waals surface area contributed by atoms with E-state index in [4.69, 9.17) is 20.9 Å². The van der Waals surface area contributed by atoms with Crippen LogP contribution in [-0.4, -0.2) is 27.5 Å². The SMILES string of the molecule is Cn1c(N(C(=O)OC(C)(C)C)c2ccccc2)nc2cc(N/C(N)=C/C=N)ccc21. The fourth-order valence-electron chi connectivity index (χ4n) is 2.95. The Morgan fingerprint density at radius 1 is 1.23 bits per heavy atom. The third kappa shape index (κ3) is 4.60. The molecule has 0 atom stereocenters. The third-order valence-electron chi connectivity index (χ3n) is 4.20. The van der Waals surface area contributed by atoms with Crippen molar-refractivity contribution in [3.05, 3.63) is 60.4 Å². The zero-order valence-corrected chi connectivity index (χ0v) is 17.5. The van der Waals surface area contributed by atoms with Crippen molar-refractivity contribution < 1.29 is 9.53 Å². The second kappa shape index (κ2) is 8.28. The largest absolute Gasteiger partial charge is 0.443 e. The van der Waals surface area contributed by atoms with E-state index in [-0.39, 0.29) is 0 Å². The predicted molar refractivity (Wildman–Crippen MR) is 120 cm³/mol. The molecule has 4 N–H and O–H groups in total. The number of amides is 1. The van der Waals surface area contributed by atoms with Crippen molar-refractivity contribution in [2.45, 2.75) is 26.4 Å².